The molecular formula is C19H19ClN2O5S. The summed E-state index contributed by atoms with van der Waals surface area (Å²) in [5.41, 5.74) is 2.11. The Morgan fingerprint density at radius 2 is 1.82 bits per heavy atom. The lowest BCUT2D eigenvalue weighted by Crippen LogP contribution is -2.56. The standard InChI is InChI=1S/C19H19ClN2O5S/c1-9-6-12(10-2-4-11(20)5-3-10)13(7-21)19(28)22(9)18-17(26)16(25)15(24)14(8-23)27-18/h2-6,14-18,23-26H,8H2,1H3. The summed E-state index contributed by atoms with van der Waals surface area (Å²) in [5.74, 6) is 0. The number of aromatic nitrogens is 1. The molecule has 1 aromatic carbocycles. The summed E-state index contributed by atoms with van der Waals surface area (Å²) in [6.45, 7) is 1.17. The zero-order valence-electron chi connectivity index (χ0n) is 14.9. The molecule has 4 N–H and O–H groups in total. The topological polar surface area (TPSA) is 119 Å². The van der Waals surface area contributed by atoms with Crippen molar-refractivity contribution < 1.29 is 25.2 Å². The number of aliphatic hydroxyl groups is 4. The summed E-state index contributed by atoms with van der Waals surface area (Å²) in [7, 11) is 0. The number of nitrogens with zero attached hydrogens (tertiary/aromatic N) is 2. The fourth-order valence-corrected chi connectivity index (χ4v) is 3.85. The number of halogens is 1. The van der Waals surface area contributed by atoms with Gasteiger partial charge in [0.05, 0.1) is 12.2 Å². The first-order chi connectivity index (χ1) is 13.3. The molecule has 2 aromatic rings. The molecule has 0 bridgehead atoms. The van der Waals surface area contributed by atoms with Crippen LogP contribution in [0.1, 0.15) is 17.5 Å². The third-order valence-corrected chi connectivity index (χ3v) is 5.48. The summed E-state index contributed by atoms with van der Waals surface area (Å²) in [6.07, 6.45) is -6.77. The zero-order chi connectivity index (χ0) is 20.6. The number of pyridine rings is 1. The van der Waals surface area contributed by atoms with Crippen LogP contribution < -0.4 is 0 Å². The van der Waals surface area contributed by atoms with E-state index in [1.54, 1.807) is 37.3 Å². The Morgan fingerprint density at radius 1 is 1.18 bits per heavy atom. The molecule has 0 radical (unpaired) electrons. The van der Waals surface area contributed by atoms with E-state index in [9.17, 15) is 25.7 Å². The minimum absolute atomic E-state index is 0.108. The number of ether oxygens (including phenoxy) is 1. The minimum atomic E-state index is -1.54. The fourth-order valence-electron chi connectivity index (χ4n) is 3.32. The quantitative estimate of drug-likeness (QED) is 0.556. The van der Waals surface area contributed by atoms with Crippen molar-refractivity contribution in [3.05, 3.63) is 51.3 Å². The van der Waals surface area contributed by atoms with Crippen molar-refractivity contribution >= 4 is 23.8 Å². The van der Waals surface area contributed by atoms with Crippen molar-refractivity contribution in [2.45, 2.75) is 37.6 Å². The average Bonchev–Trinajstić information content (AvgIpc) is 2.68. The van der Waals surface area contributed by atoms with Crippen LogP contribution in [0.4, 0.5) is 0 Å². The number of aliphatic hydroxyl groups excluding tert-OH is 4. The maximum absolute atomic E-state index is 10.4. The highest BCUT2D eigenvalue weighted by Crippen LogP contribution is 2.33. The highest BCUT2D eigenvalue weighted by atomic mass is 35.5. The Balaban J connectivity index is 2.14. The Bertz CT molecular complexity index is 970. The van der Waals surface area contributed by atoms with Crippen molar-refractivity contribution in [2.24, 2.45) is 0 Å². The van der Waals surface area contributed by atoms with E-state index in [0.717, 1.165) is 5.56 Å². The summed E-state index contributed by atoms with van der Waals surface area (Å²) in [4.78, 5) is 0. The van der Waals surface area contributed by atoms with Gasteiger partial charge in [0.1, 0.15) is 35.1 Å². The molecule has 0 amide bonds. The third kappa shape index (κ3) is 3.58. The molecule has 3 rings (SSSR count). The van der Waals surface area contributed by atoms with Gasteiger partial charge in [0.2, 0.25) is 0 Å². The second-order valence-electron chi connectivity index (χ2n) is 6.59. The van der Waals surface area contributed by atoms with Crippen molar-refractivity contribution in [3.8, 4) is 17.2 Å². The third-order valence-electron chi connectivity index (χ3n) is 4.82. The number of rotatable bonds is 3. The maximum Gasteiger partial charge on any atom is 0.164 e. The van der Waals surface area contributed by atoms with E-state index in [0.29, 0.717) is 16.3 Å². The predicted molar refractivity (Wildman–Crippen MR) is 104 cm³/mol. The predicted octanol–water partition coefficient (Wildman–Crippen LogP) is 1.69. The van der Waals surface area contributed by atoms with Gasteiger partial charge in [-0.1, -0.05) is 36.0 Å². The second-order valence-corrected chi connectivity index (χ2v) is 7.41. The van der Waals surface area contributed by atoms with E-state index in [1.165, 1.54) is 4.57 Å². The molecule has 1 aliphatic rings. The van der Waals surface area contributed by atoms with Crippen molar-refractivity contribution in [2.75, 3.05) is 6.61 Å². The molecule has 1 saturated heterocycles. The molecule has 1 aliphatic heterocycles. The largest absolute Gasteiger partial charge is 0.394 e. The fraction of sp³-hybridized carbons (Fsp3) is 0.368. The van der Waals surface area contributed by atoms with E-state index in [4.69, 9.17) is 28.6 Å². The van der Waals surface area contributed by atoms with Crippen LogP contribution in [0.25, 0.3) is 11.1 Å². The summed E-state index contributed by atoms with van der Waals surface area (Å²) in [6, 6.07) is 10.8. The van der Waals surface area contributed by atoms with Gasteiger partial charge in [0.15, 0.2) is 6.23 Å². The number of hydrogen-bond acceptors (Lipinski definition) is 7. The monoisotopic (exact) mass is 422 g/mol. The minimum Gasteiger partial charge on any atom is -0.394 e. The highest BCUT2D eigenvalue weighted by Gasteiger charge is 2.44. The molecule has 2 heterocycles. The molecule has 0 spiro atoms. The lowest BCUT2D eigenvalue weighted by Gasteiger charge is -2.41. The Labute approximate surface area is 171 Å². The smallest absolute Gasteiger partial charge is 0.164 e. The number of benzene rings is 1. The molecule has 5 atom stereocenters. The number of hydrogen-bond donors (Lipinski definition) is 4. The van der Waals surface area contributed by atoms with Crippen LogP contribution in [-0.2, 0) is 4.74 Å². The van der Waals surface area contributed by atoms with E-state index < -0.39 is 37.3 Å². The first kappa shape index (κ1) is 20.9. The van der Waals surface area contributed by atoms with Gasteiger partial charge < -0.3 is 29.7 Å². The average molecular weight is 423 g/mol. The molecule has 0 saturated carbocycles. The van der Waals surface area contributed by atoms with Gasteiger partial charge in [-0.05, 0) is 30.7 Å². The van der Waals surface area contributed by atoms with Gasteiger partial charge in [0, 0.05) is 16.3 Å². The summed E-state index contributed by atoms with van der Waals surface area (Å²) < 4.78 is 7.12. The molecular weight excluding hydrogens is 404 g/mol. The van der Waals surface area contributed by atoms with Crippen molar-refractivity contribution in [1.29, 1.82) is 5.26 Å². The van der Waals surface area contributed by atoms with Gasteiger partial charge in [-0.25, -0.2) is 0 Å². The van der Waals surface area contributed by atoms with Crippen LogP contribution in [0.3, 0.4) is 0 Å². The Hall–Kier alpha value is -1.83. The number of nitriles is 1. The lowest BCUT2D eigenvalue weighted by atomic mass is 9.97. The molecule has 148 valence electrons. The Morgan fingerprint density at radius 3 is 2.39 bits per heavy atom. The van der Waals surface area contributed by atoms with Crippen LogP contribution in [0, 0.1) is 22.9 Å². The molecule has 1 aromatic heterocycles. The first-order valence-electron chi connectivity index (χ1n) is 8.52. The normalized spacial score (nSPS) is 27.4. The zero-order valence-corrected chi connectivity index (χ0v) is 16.4. The van der Waals surface area contributed by atoms with Crippen molar-refractivity contribution in [3.63, 3.8) is 0 Å². The summed E-state index contributed by atoms with van der Waals surface area (Å²) in [5, 5.41) is 50.2. The Kier molecular flexibility index (Phi) is 6.17. The molecule has 0 aliphatic carbocycles. The highest BCUT2D eigenvalue weighted by molar-refractivity contribution is 7.71. The summed E-state index contributed by atoms with van der Waals surface area (Å²) >= 11 is 11.4. The van der Waals surface area contributed by atoms with Crippen molar-refractivity contribution in [1.82, 2.24) is 4.57 Å². The maximum atomic E-state index is 10.4. The van der Waals surface area contributed by atoms with Gasteiger partial charge >= 0.3 is 0 Å². The SMILES string of the molecule is Cc1cc(-c2ccc(Cl)cc2)c(C#N)c(=S)n1C1OC(CO)C(O)C(O)C1O. The lowest BCUT2D eigenvalue weighted by molar-refractivity contribution is -0.252. The first-order valence-corrected chi connectivity index (χ1v) is 9.31. The van der Waals surface area contributed by atoms with E-state index >= 15 is 0 Å². The van der Waals surface area contributed by atoms with Gasteiger partial charge in [-0.3, -0.25) is 0 Å². The van der Waals surface area contributed by atoms with Gasteiger partial charge in [0.25, 0.3) is 0 Å². The van der Waals surface area contributed by atoms with Crippen LogP contribution in [0.2, 0.25) is 5.02 Å². The van der Waals surface area contributed by atoms with Crippen LogP contribution in [0.15, 0.2) is 30.3 Å². The van der Waals surface area contributed by atoms with Gasteiger partial charge in [-0.15, -0.1) is 0 Å². The van der Waals surface area contributed by atoms with Crippen LogP contribution >= 0.6 is 23.8 Å². The van der Waals surface area contributed by atoms with Crippen LogP contribution in [-0.4, -0.2) is 56.0 Å². The molecule has 5 unspecified atom stereocenters. The molecule has 9 heteroatoms. The van der Waals surface area contributed by atoms with Crippen LogP contribution in [0.5, 0.6) is 0 Å². The molecule has 1 fully saturated rings. The van der Waals surface area contributed by atoms with E-state index in [2.05, 4.69) is 6.07 Å². The van der Waals surface area contributed by atoms with E-state index in [-0.39, 0.29) is 10.2 Å². The van der Waals surface area contributed by atoms with Gasteiger partial charge in [-0.2, -0.15) is 5.26 Å². The number of aryl methyl sites for hydroxylation is 1. The van der Waals surface area contributed by atoms with E-state index in [1.807, 2.05) is 0 Å². The molecule has 7 nitrogen and oxygen atoms in total. The second kappa shape index (κ2) is 8.27. The molecule has 28 heavy (non-hydrogen) atoms.